The smallest absolute Gasteiger partial charge is 0.328 e. The largest absolute Gasteiger partial charge is 0.478 e. The summed E-state index contributed by atoms with van der Waals surface area (Å²) in [6.07, 6.45) is 7.93. The molecule has 3 aromatic rings. The van der Waals surface area contributed by atoms with Crippen LogP contribution in [-0.2, 0) is 9.59 Å². The van der Waals surface area contributed by atoms with Gasteiger partial charge in [0, 0.05) is 47.6 Å². The zero-order valence-corrected chi connectivity index (χ0v) is 15.1. The Labute approximate surface area is 164 Å². The molecule has 1 aromatic carbocycles. The maximum absolute atomic E-state index is 11.0. The number of benzene rings is 1. The van der Waals surface area contributed by atoms with E-state index in [0.29, 0.717) is 33.4 Å². The number of carboxylic acid groups (broad SMARTS) is 2. The molecular formula is C20H15N3O6. The number of nitrogens with zero attached hydrogens (tertiary/aromatic N) is 3. The number of fused-ring (bicyclic) bond motifs is 1. The van der Waals surface area contributed by atoms with Crippen molar-refractivity contribution in [3.05, 3.63) is 75.6 Å². The van der Waals surface area contributed by atoms with Crippen molar-refractivity contribution in [3.63, 3.8) is 0 Å². The molecule has 0 spiro atoms. The van der Waals surface area contributed by atoms with E-state index in [1.54, 1.807) is 29.8 Å². The predicted molar refractivity (Wildman–Crippen MR) is 106 cm³/mol. The van der Waals surface area contributed by atoms with Gasteiger partial charge in [-0.1, -0.05) is 0 Å². The number of aryl methyl sites for hydroxylation is 1. The van der Waals surface area contributed by atoms with Crippen LogP contribution in [0.25, 0.3) is 28.9 Å². The van der Waals surface area contributed by atoms with Gasteiger partial charge in [0.25, 0.3) is 5.69 Å². The van der Waals surface area contributed by atoms with Crippen molar-refractivity contribution in [3.8, 4) is 5.69 Å². The summed E-state index contributed by atoms with van der Waals surface area (Å²) in [4.78, 5) is 36.6. The molecule has 146 valence electrons. The number of pyridine rings is 1. The summed E-state index contributed by atoms with van der Waals surface area (Å²) in [5.41, 5.74) is 2.84. The SMILES string of the molecule is Cc1cc([N+](=O)[O-])ccc1-n1cc(/C=C/C(=O)O)c2cc(/C=C/C(=O)O)cnc21. The number of carboxylic acids is 2. The summed E-state index contributed by atoms with van der Waals surface area (Å²) in [6, 6.07) is 6.11. The molecule has 0 aliphatic carbocycles. The minimum Gasteiger partial charge on any atom is -0.478 e. The van der Waals surface area contributed by atoms with Gasteiger partial charge < -0.3 is 14.8 Å². The van der Waals surface area contributed by atoms with E-state index in [9.17, 15) is 19.7 Å². The molecule has 0 unspecified atom stereocenters. The zero-order chi connectivity index (χ0) is 21.1. The normalized spacial score (nSPS) is 11.5. The Bertz CT molecular complexity index is 1210. The molecule has 0 saturated carbocycles. The molecule has 0 bridgehead atoms. The first-order valence-electron chi connectivity index (χ1n) is 8.35. The Morgan fingerprint density at radius 2 is 1.83 bits per heavy atom. The van der Waals surface area contributed by atoms with Crippen LogP contribution in [-0.4, -0.2) is 36.6 Å². The maximum Gasteiger partial charge on any atom is 0.328 e. The first-order chi connectivity index (χ1) is 13.8. The van der Waals surface area contributed by atoms with Crippen LogP contribution in [0.15, 0.2) is 48.8 Å². The predicted octanol–water partition coefficient (Wildman–Crippen LogP) is 3.44. The maximum atomic E-state index is 11.0. The Hall–Kier alpha value is -4.27. The first-order valence-corrected chi connectivity index (χ1v) is 8.35. The number of hydrogen-bond acceptors (Lipinski definition) is 5. The van der Waals surface area contributed by atoms with Crippen LogP contribution in [0, 0.1) is 17.0 Å². The molecule has 0 aliphatic rings. The fraction of sp³-hybridized carbons (Fsp3) is 0.0500. The van der Waals surface area contributed by atoms with E-state index in [0.717, 1.165) is 12.2 Å². The number of aromatic nitrogens is 2. The molecule has 0 radical (unpaired) electrons. The van der Waals surface area contributed by atoms with Crippen LogP contribution in [0.3, 0.4) is 0 Å². The van der Waals surface area contributed by atoms with Gasteiger partial charge in [0.05, 0.1) is 10.6 Å². The second-order valence-corrected chi connectivity index (χ2v) is 6.17. The zero-order valence-electron chi connectivity index (χ0n) is 15.1. The molecule has 0 atom stereocenters. The lowest BCUT2D eigenvalue weighted by Crippen LogP contribution is -1.98. The number of rotatable bonds is 6. The van der Waals surface area contributed by atoms with Gasteiger partial charge in [0.15, 0.2) is 0 Å². The molecule has 29 heavy (non-hydrogen) atoms. The third kappa shape index (κ3) is 4.19. The summed E-state index contributed by atoms with van der Waals surface area (Å²) in [7, 11) is 0. The van der Waals surface area contributed by atoms with E-state index in [1.807, 2.05) is 0 Å². The van der Waals surface area contributed by atoms with Gasteiger partial charge in [-0.05, 0) is 42.3 Å². The minimum absolute atomic E-state index is 0.0391. The van der Waals surface area contributed by atoms with Crippen molar-refractivity contribution in [2.45, 2.75) is 6.92 Å². The molecule has 0 saturated heterocycles. The summed E-state index contributed by atoms with van der Waals surface area (Å²) >= 11 is 0. The molecule has 9 nitrogen and oxygen atoms in total. The third-order valence-corrected chi connectivity index (χ3v) is 4.17. The number of hydrogen-bond donors (Lipinski definition) is 2. The van der Waals surface area contributed by atoms with Crippen LogP contribution in [0.5, 0.6) is 0 Å². The molecule has 0 aliphatic heterocycles. The quantitative estimate of drug-likeness (QED) is 0.372. The van der Waals surface area contributed by atoms with Crippen LogP contribution in [0.1, 0.15) is 16.7 Å². The van der Waals surface area contributed by atoms with Crippen LogP contribution in [0.4, 0.5) is 5.69 Å². The van der Waals surface area contributed by atoms with Crippen molar-refractivity contribution in [2.24, 2.45) is 0 Å². The first kappa shape index (κ1) is 19.5. The summed E-state index contributed by atoms with van der Waals surface area (Å²) in [5, 5.41) is 29.3. The van der Waals surface area contributed by atoms with Gasteiger partial charge in [0.2, 0.25) is 0 Å². The van der Waals surface area contributed by atoms with Gasteiger partial charge in [0.1, 0.15) is 5.65 Å². The highest BCUT2D eigenvalue weighted by molar-refractivity contribution is 5.94. The van der Waals surface area contributed by atoms with Crippen molar-refractivity contribution >= 4 is 40.8 Å². The fourth-order valence-corrected chi connectivity index (χ4v) is 2.91. The Kier molecular flexibility index (Phi) is 5.22. The van der Waals surface area contributed by atoms with Crippen molar-refractivity contribution in [1.82, 2.24) is 9.55 Å². The van der Waals surface area contributed by atoms with Gasteiger partial charge in [-0.2, -0.15) is 0 Å². The summed E-state index contributed by atoms with van der Waals surface area (Å²) in [6.45, 7) is 1.73. The van der Waals surface area contributed by atoms with Gasteiger partial charge in [-0.25, -0.2) is 14.6 Å². The second kappa shape index (κ2) is 7.77. The monoisotopic (exact) mass is 393 g/mol. The number of non-ortho nitro benzene ring substituents is 1. The highest BCUT2D eigenvalue weighted by Crippen LogP contribution is 2.28. The average Bonchev–Trinajstić information content (AvgIpc) is 3.02. The van der Waals surface area contributed by atoms with Crippen LogP contribution < -0.4 is 0 Å². The van der Waals surface area contributed by atoms with Gasteiger partial charge >= 0.3 is 11.9 Å². The molecule has 9 heteroatoms. The number of nitro groups is 1. The fourth-order valence-electron chi connectivity index (χ4n) is 2.91. The molecule has 2 heterocycles. The lowest BCUT2D eigenvalue weighted by molar-refractivity contribution is -0.384. The van der Waals surface area contributed by atoms with Crippen molar-refractivity contribution < 1.29 is 24.7 Å². The number of nitro benzene ring substituents is 1. The molecule has 0 amide bonds. The van der Waals surface area contributed by atoms with Crippen LogP contribution >= 0.6 is 0 Å². The minimum atomic E-state index is -1.12. The number of carbonyl (C=O) groups is 2. The van der Waals surface area contributed by atoms with E-state index >= 15 is 0 Å². The van der Waals surface area contributed by atoms with E-state index < -0.39 is 16.9 Å². The molecule has 2 aromatic heterocycles. The highest BCUT2D eigenvalue weighted by atomic mass is 16.6. The average molecular weight is 393 g/mol. The summed E-state index contributed by atoms with van der Waals surface area (Å²) < 4.78 is 1.71. The topological polar surface area (TPSA) is 136 Å². The molecular weight excluding hydrogens is 378 g/mol. The highest BCUT2D eigenvalue weighted by Gasteiger charge is 2.14. The van der Waals surface area contributed by atoms with E-state index in [1.165, 1.54) is 30.5 Å². The lowest BCUT2D eigenvalue weighted by Gasteiger charge is -2.08. The Morgan fingerprint density at radius 1 is 1.14 bits per heavy atom. The van der Waals surface area contributed by atoms with Crippen molar-refractivity contribution in [1.29, 1.82) is 0 Å². The van der Waals surface area contributed by atoms with E-state index in [4.69, 9.17) is 10.2 Å². The molecule has 3 rings (SSSR count). The van der Waals surface area contributed by atoms with Crippen molar-refractivity contribution in [2.75, 3.05) is 0 Å². The van der Waals surface area contributed by atoms with Gasteiger partial charge in [-0.3, -0.25) is 10.1 Å². The van der Waals surface area contributed by atoms with Gasteiger partial charge in [-0.15, -0.1) is 0 Å². The Balaban J connectivity index is 2.21. The molecule has 0 fully saturated rings. The number of aliphatic carboxylic acids is 2. The van der Waals surface area contributed by atoms with E-state index in [2.05, 4.69) is 4.98 Å². The van der Waals surface area contributed by atoms with Crippen LogP contribution in [0.2, 0.25) is 0 Å². The Morgan fingerprint density at radius 3 is 2.45 bits per heavy atom. The standard InChI is InChI=1S/C20H15N3O6/c1-12-8-15(23(28)29)4-5-17(12)22-11-14(3-7-19(26)27)16-9-13(2-6-18(24)25)10-21-20(16)22/h2-11H,1H3,(H,24,25)(H,26,27)/b6-2+,7-3+. The second-order valence-electron chi connectivity index (χ2n) is 6.17. The third-order valence-electron chi connectivity index (χ3n) is 4.17. The summed E-state index contributed by atoms with van der Waals surface area (Å²) in [5.74, 6) is -2.22. The van der Waals surface area contributed by atoms with E-state index in [-0.39, 0.29) is 5.69 Å². The lowest BCUT2D eigenvalue weighted by atomic mass is 10.1. The molecule has 2 N–H and O–H groups in total.